The van der Waals surface area contributed by atoms with Gasteiger partial charge >= 0.3 is 0 Å². The molecule has 1 atom stereocenters. The second kappa shape index (κ2) is 8.31. The molecular formula is C21H27N5O3. The molecule has 2 aliphatic heterocycles. The molecule has 2 saturated heterocycles. The molecule has 0 aromatic carbocycles. The second-order valence-electron chi connectivity index (χ2n) is 8.24. The first-order valence-electron chi connectivity index (χ1n) is 10.3. The van der Waals surface area contributed by atoms with Gasteiger partial charge < -0.3 is 14.3 Å². The minimum Gasteiger partial charge on any atom is -0.342 e. The van der Waals surface area contributed by atoms with Gasteiger partial charge in [0, 0.05) is 44.1 Å². The molecule has 8 nitrogen and oxygen atoms in total. The van der Waals surface area contributed by atoms with E-state index in [0.29, 0.717) is 32.1 Å². The lowest BCUT2D eigenvalue weighted by molar-refractivity contribution is -0.136. The van der Waals surface area contributed by atoms with Crippen molar-refractivity contribution >= 4 is 11.8 Å². The first-order valence-corrected chi connectivity index (χ1v) is 10.3. The fourth-order valence-corrected chi connectivity index (χ4v) is 4.03. The molecule has 0 bridgehead atoms. The molecule has 29 heavy (non-hydrogen) atoms. The lowest BCUT2D eigenvalue weighted by Gasteiger charge is -2.32. The van der Waals surface area contributed by atoms with Gasteiger partial charge in [-0.3, -0.25) is 14.6 Å². The van der Waals surface area contributed by atoms with E-state index in [1.807, 2.05) is 36.9 Å². The number of hydrogen-bond donors (Lipinski definition) is 0. The quantitative estimate of drug-likeness (QED) is 0.769. The van der Waals surface area contributed by atoms with Crippen LogP contribution in [0.2, 0.25) is 0 Å². The average molecular weight is 397 g/mol. The number of likely N-dealkylation sites (tertiary alicyclic amines) is 2. The molecule has 2 amide bonds. The van der Waals surface area contributed by atoms with Gasteiger partial charge in [-0.05, 0) is 25.0 Å². The van der Waals surface area contributed by atoms with Crippen molar-refractivity contribution < 1.29 is 14.1 Å². The highest BCUT2D eigenvalue weighted by Crippen LogP contribution is 2.30. The maximum absolute atomic E-state index is 13.0. The molecule has 8 heteroatoms. The Hall–Kier alpha value is -2.77. The predicted molar refractivity (Wildman–Crippen MR) is 105 cm³/mol. The van der Waals surface area contributed by atoms with Gasteiger partial charge in [0.1, 0.15) is 0 Å². The number of piperidine rings is 1. The van der Waals surface area contributed by atoms with E-state index in [-0.39, 0.29) is 36.0 Å². The van der Waals surface area contributed by atoms with Crippen LogP contribution in [-0.4, -0.2) is 56.4 Å². The number of nitrogens with zero attached hydrogens (tertiary/aromatic N) is 5. The van der Waals surface area contributed by atoms with Crippen molar-refractivity contribution in [3.8, 4) is 0 Å². The van der Waals surface area contributed by atoms with Crippen molar-refractivity contribution in [2.24, 2.45) is 5.92 Å². The molecule has 0 spiro atoms. The summed E-state index contributed by atoms with van der Waals surface area (Å²) >= 11 is 0. The van der Waals surface area contributed by atoms with E-state index in [2.05, 4.69) is 15.1 Å². The Kier molecular flexibility index (Phi) is 5.60. The van der Waals surface area contributed by atoms with E-state index in [1.54, 1.807) is 11.1 Å². The lowest BCUT2D eigenvalue weighted by atomic mass is 9.95. The first-order chi connectivity index (χ1) is 14.0. The summed E-state index contributed by atoms with van der Waals surface area (Å²) < 4.78 is 5.42. The smallest absolute Gasteiger partial charge is 0.229 e. The highest BCUT2D eigenvalue weighted by Gasteiger charge is 2.38. The Morgan fingerprint density at radius 3 is 2.72 bits per heavy atom. The van der Waals surface area contributed by atoms with Crippen molar-refractivity contribution in [3.05, 3.63) is 41.8 Å². The molecule has 0 N–H and O–H groups in total. The highest BCUT2D eigenvalue weighted by atomic mass is 16.5. The van der Waals surface area contributed by atoms with E-state index in [0.717, 1.165) is 24.4 Å². The van der Waals surface area contributed by atoms with Crippen molar-refractivity contribution in [2.75, 3.05) is 19.6 Å². The number of carbonyl (C=O) groups is 2. The van der Waals surface area contributed by atoms with Gasteiger partial charge in [0.15, 0.2) is 5.82 Å². The predicted octanol–water partition coefficient (Wildman–Crippen LogP) is 2.34. The van der Waals surface area contributed by atoms with Crippen molar-refractivity contribution in [1.29, 1.82) is 0 Å². The minimum absolute atomic E-state index is 0.0240. The Balaban J connectivity index is 1.31. The van der Waals surface area contributed by atoms with Crippen LogP contribution < -0.4 is 0 Å². The van der Waals surface area contributed by atoms with Crippen LogP contribution in [0, 0.1) is 5.92 Å². The summed E-state index contributed by atoms with van der Waals surface area (Å²) in [4.78, 5) is 37.7. The monoisotopic (exact) mass is 397 g/mol. The van der Waals surface area contributed by atoms with Gasteiger partial charge in [0.05, 0.1) is 18.2 Å². The summed E-state index contributed by atoms with van der Waals surface area (Å²) in [6, 6.07) is 5.65. The third-order valence-corrected chi connectivity index (χ3v) is 5.77. The molecule has 2 aliphatic rings. The number of rotatable bonds is 5. The summed E-state index contributed by atoms with van der Waals surface area (Å²) in [5, 5.41) is 4.04. The molecular weight excluding hydrogens is 370 g/mol. The van der Waals surface area contributed by atoms with Crippen molar-refractivity contribution in [3.63, 3.8) is 0 Å². The molecule has 0 aliphatic carbocycles. The zero-order valence-corrected chi connectivity index (χ0v) is 17.0. The fourth-order valence-electron chi connectivity index (χ4n) is 4.03. The Labute approximate surface area is 170 Å². The molecule has 154 valence electrons. The number of hydrogen-bond acceptors (Lipinski definition) is 6. The van der Waals surface area contributed by atoms with Gasteiger partial charge in [-0.25, -0.2) is 0 Å². The van der Waals surface area contributed by atoms with E-state index in [1.165, 1.54) is 0 Å². The molecule has 2 fully saturated rings. The number of carbonyl (C=O) groups excluding carboxylic acids is 2. The Morgan fingerprint density at radius 1 is 1.28 bits per heavy atom. The molecule has 4 rings (SSSR count). The number of pyridine rings is 1. The summed E-state index contributed by atoms with van der Waals surface area (Å²) in [6.45, 7) is 6.32. The van der Waals surface area contributed by atoms with Crippen LogP contribution in [0.4, 0.5) is 0 Å². The maximum atomic E-state index is 13.0. The fraction of sp³-hybridized carbons (Fsp3) is 0.571. The molecule has 2 aromatic rings. The summed E-state index contributed by atoms with van der Waals surface area (Å²) in [6.07, 6.45) is 3.62. The SMILES string of the molecule is CC(C)c1noc(C2CCN(C(=O)C3CC(=O)N(Cc4ccccn4)C3)CC2)n1. The number of amides is 2. The summed E-state index contributed by atoms with van der Waals surface area (Å²) in [7, 11) is 0. The topological polar surface area (TPSA) is 92.4 Å². The Bertz CT molecular complexity index is 858. The van der Waals surface area contributed by atoms with Crippen LogP contribution in [0.3, 0.4) is 0 Å². The highest BCUT2D eigenvalue weighted by molar-refractivity contribution is 5.89. The molecule has 4 heterocycles. The molecule has 1 unspecified atom stereocenters. The van der Waals surface area contributed by atoms with Crippen LogP contribution in [0.15, 0.2) is 28.9 Å². The zero-order valence-electron chi connectivity index (χ0n) is 17.0. The van der Waals surface area contributed by atoms with Crippen LogP contribution in [-0.2, 0) is 16.1 Å². The third kappa shape index (κ3) is 4.31. The minimum atomic E-state index is -0.265. The second-order valence-corrected chi connectivity index (χ2v) is 8.24. The zero-order chi connectivity index (χ0) is 20.4. The van der Waals surface area contributed by atoms with E-state index in [9.17, 15) is 9.59 Å². The van der Waals surface area contributed by atoms with Gasteiger partial charge in [0.2, 0.25) is 17.7 Å². The summed E-state index contributed by atoms with van der Waals surface area (Å²) in [5.41, 5.74) is 0.843. The van der Waals surface area contributed by atoms with Gasteiger partial charge in [-0.15, -0.1) is 0 Å². The van der Waals surface area contributed by atoms with Crippen molar-refractivity contribution in [2.45, 2.75) is 51.5 Å². The van der Waals surface area contributed by atoms with Gasteiger partial charge in [-0.2, -0.15) is 4.98 Å². The summed E-state index contributed by atoms with van der Waals surface area (Å²) in [5.74, 6) is 1.69. The average Bonchev–Trinajstić information content (AvgIpc) is 3.36. The van der Waals surface area contributed by atoms with Gasteiger partial charge in [0.25, 0.3) is 0 Å². The largest absolute Gasteiger partial charge is 0.342 e. The number of aromatic nitrogens is 3. The first kappa shape index (κ1) is 19.5. The van der Waals surface area contributed by atoms with Crippen LogP contribution >= 0.6 is 0 Å². The Morgan fingerprint density at radius 2 is 2.07 bits per heavy atom. The van der Waals surface area contributed by atoms with Crippen LogP contribution in [0.25, 0.3) is 0 Å². The van der Waals surface area contributed by atoms with E-state index >= 15 is 0 Å². The van der Waals surface area contributed by atoms with Crippen LogP contribution in [0.1, 0.15) is 62.4 Å². The maximum Gasteiger partial charge on any atom is 0.229 e. The lowest BCUT2D eigenvalue weighted by Crippen LogP contribution is -2.42. The third-order valence-electron chi connectivity index (χ3n) is 5.77. The molecule has 0 saturated carbocycles. The standard InChI is InChI=1S/C21H27N5O3/c1-14(2)19-23-20(29-24-19)15-6-9-25(10-7-15)21(28)16-11-18(27)26(12-16)13-17-5-3-4-8-22-17/h3-5,8,14-16H,6-7,9-13H2,1-2H3. The normalized spacial score (nSPS) is 20.7. The van der Waals surface area contributed by atoms with E-state index in [4.69, 9.17) is 4.52 Å². The van der Waals surface area contributed by atoms with Gasteiger partial charge in [-0.1, -0.05) is 25.1 Å². The molecule has 2 aromatic heterocycles. The molecule has 0 radical (unpaired) electrons. The van der Waals surface area contributed by atoms with Crippen molar-refractivity contribution in [1.82, 2.24) is 24.9 Å². The van der Waals surface area contributed by atoms with Crippen LogP contribution in [0.5, 0.6) is 0 Å². The van der Waals surface area contributed by atoms with E-state index < -0.39 is 0 Å².